The van der Waals surface area contributed by atoms with Crippen molar-refractivity contribution in [1.29, 1.82) is 5.26 Å². The summed E-state index contributed by atoms with van der Waals surface area (Å²) in [5.74, 6) is 0.165. The van der Waals surface area contributed by atoms with E-state index in [2.05, 4.69) is 54.2 Å². The minimum Gasteiger partial charge on any atom is -0.369 e. The summed E-state index contributed by atoms with van der Waals surface area (Å²) in [7, 11) is 0. The van der Waals surface area contributed by atoms with Crippen molar-refractivity contribution in [3.05, 3.63) is 35.5 Å². The van der Waals surface area contributed by atoms with E-state index in [1.54, 1.807) is 0 Å². The summed E-state index contributed by atoms with van der Waals surface area (Å²) >= 11 is 0. The molecule has 1 aromatic carbocycles. The highest BCUT2D eigenvalue weighted by Crippen LogP contribution is 2.45. The fourth-order valence-corrected chi connectivity index (χ4v) is 5.31. The molecule has 2 unspecified atom stereocenters. The summed E-state index contributed by atoms with van der Waals surface area (Å²) < 4.78 is 0. The van der Waals surface area contributed by atoms with Crippen LogP contribution in [0.25, 0.3) is 10.9 Å². The van der Waals surface area contributed by atoms with Crippen LogP contribution in [-0.4, -0.2) is 34.9 Å². The Kier molecular flexibility index (Phi) is 4.69. The number of nitrogens with zero attached hydrogens (tertiary/aromatic N) is 2. The van der Waals surface area contributed by atoms with Gasteiger partial charge in [0.1, 0.15) is 5.92 Å². The van der Waals surface area contributed by atoms with Crippen LogP contribution in [0, 0.1) is 29.1 Å². The van der Waals surface area contributed by atoms with Crippen LogP contribution in [0.5, 0.6) is 0 Å². The number of likely N-dealkylation sites (tertiary alicyclic amines) is 1. The molecule has 142 valence electrons. The van der Waals surface area contributed by atoms with Gasteiger partial charge in [0.2, 0.25) is 5.91 Å². The SMILES string of the molecule is CC(C)CN1CC(CC(C#N)C(N)=O)C[C@@H]2c3cccc4[nH]cc(c34)C[C@H]21. The first kappa shape index (κ1) is 18.1. The second-order valence-corrected chi connectivity index (χ2v) is 8.73. The molecule has 1 fully saturated rings. The molecule has 2 aliphatic rings. The molecule has 3 N–H and O–H groups in total. The Balaban J connectivity index is 1.69. The van der Waals surface area contributed by atoms with E-state index < -0.39 is 11.8 Å². The standard InChI is InChI=1S/C22H28N4O/c1-13(2)11-26-12-14(6-15(9-23)22(24)27)7-18-17-4-3-5-19-21(17)16(10-25-19)8-20(18)26/h3-5,10,13-15,18,20,25H,6-8,11-12H2,1-2H3,(H2,24,27)/t14?,15?,18-,20-/m1/s1. The van der Waals surface area contributed by atoms with Crippen LogP contribution in [0.3, 0.4) is 0 Å². The monoisotopic (exact) mass is 364 g/mol. The van der Waals surface area contributed by atoms with Crippen molar-refractivity contribution in [3.63, 3.8) is 0 Å². The van der Waals surface area contributed by atoms with Gasteiger partial charge in [-0.05, 0) is 48.3 Å². The lowest BCUT2D eigenvalue weighted by atomic mass is 9.70. The predicted octanol–water partition coefficient (Wildman–Crippen LogP) is 3.17. The number of amides is 1. The first-order valence-corrected chi connectivity index (χ1v) is 9.99. The molecule has 2 heterocycles. The van der Waals surface area contributed by atoms with Crippen molar-refractivity contribution in [2.45, 2.75) is 45.1 Å². The number of H-pyrrole nitrogens is 1. The van der Waals surface area contributed by atoms with Gasteiger partial charge in [-0.1, -0.05) is 26.0 Å². The number of benzene rings is 1. The van der Waals surface area contributed by atoms with Gasteiger partial charge >= 0.3 is 0 Å². The van der Waals surface area contributed by atoms with Gasteiger partial charge in [0, 0.05) is 42.1 Å². The quantitative estimate of drug-likeness (QED) is 0.854. The molecule has 5 nitrogen and oxygen atoms in total. The zero-order valence-electron chi connectivity index (χ0n) is 16.1. The van der Waals surface area contributed by atoms with E-state index in [9.17, 15) is 10.1 Å². The smallest absolute Gasteiger partial charge is 0.234 e. The number of carbonyl (C=O) groups excluding carboxylic acids is 1. The minimum absolute atomic E-state index is 0.317. The predicted molar refractivity (Wildman–Crippen MR) is 106 cm³/mol. The van der Waals surface area contributed by atoms with Crippen molar-refractivity contribution in [2.75, 3.05) is 13.1 Å². The molecule has 0 radical (unpaired) electrons. The summed E-state index contributed by atoms with van der Waals surface area (Å²) in [5.41, 5.74) is 9.50. The number of carbonyl (C=O) groups is 1. The first-order chi connectivity index (χ1) is 13.0. The second kappa shape index (κ2) is 7.01. The highest BCUT2D eigenvalue weighted by molar-refractivity contribution is 5.88. The van der Waals surface area contributed by atoms with E-state index in [0.717, 1.165) is 25.9 Å². The van der Waals surface area contributed by atoms with Crippen molar-refractivity contribution in [1.82, 2.24) is 9.88 Å². The molecule has 2 aromatic rings. The van der Waals surface area contributed by atoms with Gasteiger partial charge < -0.3 is 10.7 Å². The molecular weight excluding hydrogens is 336 g/mol. The van der Waals surface area contributed by atoms with Gasteiger partial charge in [0.15, 0.2) is 0 Å². The Bertz CT molecular complexity index is 893. The molecule has 4 rings (SSSR count). The number of nitrogens with two attached hydrogens (primary N) is 1. The molecule has 5 heteroatoms. The van der Waals surface area contributed by atoms with E-state index in [-0.39, 0.29) is 0 Å². The molecule has 1 saturated heterocycles. The highest BCUT2D eigenvalue weighted by atomic mass is 16.1. The third kappa shape index (κ3) is 3.23. The number of hydrogen-bond donors (Lipinski definition) is 2. The lowest BCUT2D eigenvalue weighted by Gasteiger charge is -2.48. The average Bonchev–Trinajstić information content (AvgIpc) is 3.04. The Morgan fingerprint density at radius 2 is 2.26 bits per heavy atom. The lowest BCUT2D eigenvalue weighted by molar-refractivity contribution is -0.120. The van der Waals surface area contributed by atoms with Crippen molar-refractivity contribution < 1.29 is 4.79 Å². The summed E-state index contributed by atoms with van der Waals surface area (Å²) in [6.45, 7) is 6.50. The second-order valence-electron chi connectivity index (χ2n) is 8.73. The van der Waals surface area contributed by atoms with Gasteiger partial charge in [-0.15, -0.1) is 0 Å². The molecule has 1 aliphatic carbocycles. The molecule has 1 aromatic heterocycles. The van der Waals surface area contributed by atoms with Gasteiger partial charge in [0.25, 0.3) is 0 Å². The fraction of sp³-hybridized carbons (Fsp3) is 0.545. The third-order valence-corrected chi connectivity index (χ3v) is 6.33. The van der Waals surface area contributed by atoms with Gasteiger partial charge in [0.05, 0.1) is 6.07 Å². The average molecular weight is 364 g/mol. The number of piperidine rings is 1. The number of nitrogens with one attached hydrogen (secondary N) is 1. The lowest BCUT2D eigenvalue weighted by Crippen LogP contribution is -2.51. The number of primary amides is 1. The molecule has 4 atom stereocenters. The van der Waals surface area contributed by atoms with Gasteiger partial charge in [-0.25, -0.2) is 0 Å². The van der Waals surface area contributed by atoms with E-state index >= 15 is 0 Å². The van der Waals surface area contributed by atoms with E-state index in [0.29, 0.717) is 30.2 Å². The number of aromatic nitrogens is 1. The van der Waals surface area contributed by atoms with E-state index in [1.807, 2.05) is 0 Å². The Morgan fingerprint density at radius 1 is 1.44 bits per heavy atom. The van der Waals surface area contributed by atoms with Gasteiger partial charge in [-0.2, -0.15) is 5.26 Å². The molecular formula is C22H28N4O. The van der Waals surface area contributed by atoms with Gasteiger partial charge in [-0.3, -0.25) is 9.69 Å². The fourth-order valence-electron chi connectivity index (χ4n) is 5.31. The summed E-state index contributed by atoms with van der Waals surface area (Å²) in [4.78, 5) is 17.6. The first-order valence-electron chi connectivity index (χ1n) is 9.99. The maximum Gasteiger partial charge on any atom is 0.234 e. The minimum atomic E-state index is -0.686. The molecule has 1 aliphatic heterocycles. The normalized spacial score (nSPS) is 25.9. The summed E-state index contributed by atoms with van der Waals surface area (Å²) in [6, 6.07) is 9.15. The Labute approximate surface area is 160 Å². The van der Waals surface area contributed by atoms with Crippen LogP contribution in [-0.2, 0) is 11.2 Å². The van der Waals surface area contributed by atoms with Crippen LogP contribution < -0.4 is 5.73 Å². The van der Waals surface area contributed by atoms with E-state index in [4.69, 9.17) is 5.73 Å². The van der Waals surface area contributed by atoms with Crippen LogP contribution in [0.4, 0.5) is 0 Å². The summed E-state index contributed by atoms with van der Waals surface area (Å²) in [6.07, 6.45) is 4.83. The highest BCUT2D eigenvalue weighted by Gasteiger charge is 2.41. The molecule has 27 heavy (non-hydrogen) atoms. The molecule has 0 spiro atoms. The van der Waals surface area contributed by atoms with Crippen LogP contribution in [0.1, 0.15) is 43.7 Å². The maximum absolute atomic E-state index is 11.6. The van der Waals surface area contributed by atoms with E-state index in [1.165, 1.54) is 22.0 Å². The zero-order valence-corrected chi connectivity index (χ0v) is 16.1. The largest absolute Gasteiger partial charge is 0.369 e. The zero-order chi connectivity index (χ0) is 19.1. The summed E-state index contributed by atoms with van der Waals surface area (Å²) in [5, 5.41) is 10.7. The Hall–Kier alpha value is -2.32. The number of rotatable bonds is 5. The van der Waals surface area contributed by atoms with Crippen LogP contribution >= 0.6 is 0 Å². The van der Waals surface area contributed by atoms with Crippen molar-refractivity contribution >= 4 is 16.8 Å². The maximum atomic E-state index is 11.6. The topological polar surface area (TPSA) is 85.9 Å². The van der Waals surface area contributed by atoms with Crippen molar-refractivity contribution in [2.24, 2.45) is 23.5 Å². The molecule has 1 amide bonds. The van der Waals surface area contributed by atoms with Crippen molar-refractivity contribution in [3.8, 4) is 6.07 Å². The number of nitriles is 1. The number of fused-ring (bicyclic) bond motifs is 2. The van der Waals surface area contributed by atoms with Crippen LogP contribution in [0.15, 0.2) is 24.4 Å². The molecule has 0 saturated carbocycles. The molecule has 0 bridgehead atoms. The number of aromatic amines is 1. The Morgan fingerprint density at radius 3 is 2.96 bits per heavy atom. The third-order valence-electron chi connectivity index (χ3n) is 6.33. The van der Waals surface area contributed by atoms with Crippen LogP contribution in [0.2, 0.25) is 0 Å². The number of hydrogen-bond acceptors (Lipinski definition) is 3.